The van der Waals surface area contributed by atoms with E-state index in [2.05, 4.69) is 28.7 Å². The van der Waals surface area contributed by atoms with Crippen LogP contribution in [0.1, 0.15) is 30.7 Å². The highest BCUT2D eigenvalue weighted by Gasteiger charge is 2.34. The molecule has 128 valence electrons. The van der Waals surface area contributed by atoms with Crippen molar-refractivity contribution in [2.75, 3.05) is 6.54 Å². The van der Waals surface area contributed by atoms with Crippen LogP contribution in [0.15, 0.2) is 30.6 Å². The molecule has 3 rings (SSSR count). The normalized spacial score (nSPS) is 15.4. The highest BCUT2D eigenvalue weighted by Crippen LogP contribution is 2.38. The number of nitrogens with zero attached hydrogens (tertiary/aromatic N) is 3. The van der Waals surface area contributed by atoms with Crippen molar-refractivity contribution in [1.82, 2.24) is 14.9 Å². The van der Waals surface area contributed by atoms with Crippen molar-refractivity contribution in [3.05, 3.63) is 47.4 Å². The first kappa shape index (κ1) is 16.7. The lowest BCUT2D eigenvalue weighted by molar-refractivity contribution is -0.138. The average molecular weight is 337 g/mol. The quantitative estimate of drug-likeness (QED) is 0.847. The predicted molar refractivity (Wildman–Crippen MR) is 82.8 cm³/mol. The Bertz CT molecular complexity index is 731. The van der Waals surface area contributed by atoms with Gasteiger partial charge in [0.1, 0.15) is 12.1 Å². The Kier molecular flexibility index (Phi) is 4.45. The monoisotopic (exact) mass is 337 g/mol. The van der Waals surface area contributed by atoms with Gasteiger partial charge >= 0.3 is 6.18 Å². The fourth-order valence-corrected chi connectivity index (χ4v) is 2.77. The summed E-state index contributed by atoms with van der Waals surface area (Å²) in [6.07, 6.45) is -2.48. The molecule has 0 atom stereocenters. The minimum Gasteiger partial charge on any atom is -0.438 e. The molecule has 24 heavy (non-hydrogen) atoms. The number of alkyl halides is 3. The van der Waals surface area contributed by atoms with Gasteiger partial charge in [-0.3, -0.25) is 4.90 Å². The van der Waals surface area contributed by atoms with Gasteiger partial charge in [0.25, 0.3) is 0 Å². The second-order valence-electron chi connectivity index (χ2n) is 6.01. The van der Waals surface area contributed by atoms with Gasteiger partial charge in [-0.1, -0.05) is 12.1 Å². The molecule has 0 saturated heterocycles. The van der Waals surface area contributed by atoms with E-state index in [9.17, 15) is 13.2 Å². The maximum absolute atomic E-state index is 13.1. The van der Waals surface area contributed by atoms with E-state index in [1.165, 1.54) is 24.5 Å². The van der Waals surface area contributed by atoms with Gasteiger partial charge in [0.2, 0.25) is 5.88 Å². The van der Waals surface area contributed by atoms with Crippen molar-refractivity contribution in [3.8, 4) is 11.6 Å². The first-order chi connectivity index (χ1) is 11.4. The molecule has 7 heteroatoms. The van der Waals surface area contributed by atoms with Crippen LogP contribution in [0.2, 0.25) is 0 Å². The van der Waals surface area contributed by atoms with Crippen molar-refractivity contribution < 1.29 is 17.9 Å². The van der Waals surface area contributed by atoms with E-state index in [-0.39, 0.29) is 11.6 Å². The average Bonchev–Trinajstić information content (AvgIpc) is 2.54. The number of ether oxygens (including phenoxy) is 1. The van der Waals surface area contributed by atoms with Crippen LogP contribution in [-0.2, 0) is 19.1 Å². The Balaban J connectivity index is 1.92. The van der Waals surface area contributed by atoms with Gasteiger partial charge in [0.15, 0.2) is 0 Å². The maximum atomic E-state index is 13.1. The summed E-state index contributed by atoms with van der Waals surface area (Å²) >= 11 is 0. The van der Waals surface area contributed by atoms with Crippen molar-refractivity contribution in [2.24, 2.45) is 0 Å². The Hall–Kier alpha value is -2.15. The van der Waals surface area contributed by atoms with E-state index in [4.69, 9.17) is 4.74 Å². The Labute approximate surface area is 138 Å². The van der Waals surface area contributed by atoms with Crippen molar-refractivity contribution in [1.29, 1.82) is 0 Å². The number of benzene rings is 1. The van der Waals surface area contributed by atoms with Gasteiger partial charge in [-0.05, 0) is 32.4 Å². The molecule has 4 nitrogen and oxygen atoms in total. The summed E-state index contributed by atoms with van der Waals surface area (Å²) in [6, 6.07) is 5.54. The molecule has 0 N–H and O–H groups in total. The standard InChI is InChI=1S/C17H18F3N3O/c1-11(2)23-8-7-12-14(9-23)21-10-22-16(12)24-15-6-4-3-5-13(15)17(18,19)20/h3-6,10-11H,7-9H2,1-2H3. The maximum Gasteiger partial charge on any atom is 0.419 e. The van der Waals surface area contributed by atoms with Crippen LogP contribution in [-0.4, -0.2) is 27.5 Å². The zero-order valence-electron chi connectivity index (χ0n) is 13.5. The number of hydrogen-bond donors (Lipinski definition) is 0. The van der Waals surface area contributed by atoms with Gasteiger partial charge in [-0.2, -0.15) is 13.2 Å². The predicted octanol–water partition coefficient (Wildman–Crippen LogP) is 4.05. The number of fused-ring (bicyclic) bond motifs is 1. The van der Waals surface area contributed by atoms with Crippen LogP contribution in [0.4, 0.5) is 13.2 Å². The SMILES string of the molecule is CC(C)N1CCc2c(ncnc2Oc2ccccc2C(F)(F)F)C1. The largest absolute Gasteiger partial charge is 0.438 e. The topological polar surface area (TPSA) is 38.2 Å². The third-order valence-corrected chi connectivity index (χ3v) is 4.13. The zero-order chi connectivity index (χ0) is 17.3. The minimum absolute atomic E-state index is 0.208. The number of rotatable bonds is 3. The van der Waals surface area contributed by atoms with Crippen molar-refractivity contribution >= 4 is 0 Å². The van der Waals surface area contributed by atoms with Crippen LogP contribution in [0.3, 0.4) is 0 Å². The van der Waals surface area contributed by atoms with E-state index >= 15 is 0 Å². The third kappa shape index (κ3) is 3.36. The van der Waals surface area contributed by atoms with Crippen LogP contribution >= 0.6 is 0 Å². The lowest BCUT2D eigenvalue weighted by Gasteiger charge is -2.31. The Morgan fingerprint density at radius 1 is 1.17 bits per heavy atom. The molecule has 1 aromatic heterocycles. The molecule has 0 saturated carbocycles. The minimum atomic E-state index is -4.47. The lowest BCUT2D eigenvalue weighted by atomic mass is 10.0. The molecule has 0 aliphatic carbocycles. The Morgan fingerprint density at radius 2 is 1.92 bits per heavy atom. The van der Waals surface area contributed by atoms with Crippen molar-refractivity contribution in [3.63, 3.8) is 0 Å². The summed E-state index contributed by atoms with van der Waals surface area (Å²) in [7, 11) is 0. The van der Waals surface area contributed by atoms with Gasteiger partial charge < -0.3 is 4.74 Å². The Morgan fingerprint density at radius 3 is 2.62 bits per heavy atom. The third-order valence-electron chi connectivity index (χ3n) is 4.13. The smallest absolute Gasteiger partial charge is 0.419 e. The zero-order valence-corrected chi connectivity index (χ0v) is 13.5. The summed E-state index contributed by atoms with van der Waals surface area (Å²) in [5, 5.41) is 0. The summed E-state index contributed by atoms with van der Waals surface area (Å²) in [6.45, 7) is 5.65. The fourth-order valence-electron chi connectivity index (χ4n) is 2.77. The lowest BCUT2D eigenvalue weighted by Crippen LogP contribution is -2.36. The van der Waals surface area contributed by atoms with Crippen molar-refractivity contribution in [2.45, 2.75) is 39.0 Å². The van der Waals surface area contributed by atoms with Gasteiger partial charge in [-0.15, -0.1) is 0 Å². The van der Waals surface area contributed by atoms with Crippen LogP contribution in [0.5, 0.6) is 11.6 Å². The molecule has 1 aliphatic rings. The van der Waals surface area contributed by atoms with E-state index in [1.807, 2.05) is 0 Å². The molecule has 0 radical (unpaired) electrons. The summed E-state index contributed by atoms with van der Waals surface area (Å²) < 4.78 is 44.9. The summed E-state index contributed by atoms with van der Waals surface area (Å²) in [4.78, 5) is 10.6. The molecular formula is C17H18F3N3O. The molecule has 0 spiro atoms. The second-order valence-corrected chi connectivity index (χ2v) is 6.01. The first-order valence-electron chi connectivity index (χ1n) is 7.77. The molecule has 1 aliphatic heterocycles. The number of para-hydroxylation sites is 1. The van der Waals surface area contributed by atoms with E-state index in [0.717, 1.165) is 23.9 Å². The first-order valence-corrected chi connectivity index (χ1v) is 7.77. The number of hydrogen-bond acceptors (Lipinski definition) is 4. The molecule has 1 aromatic carbocycles. The summed E-state index contributed by atoms with van der Waals surface area (Å²) in [5.41, 5.74) is 0.785. The molecule has 0 amide bonds. The van der Waals surface area contributed by atoms with Crippen LogP contribution < -0.4 is 4.74 Å². The fraction of sp³-hybridized carbons (Fsp3) is 0.412. The molecular weight excluding hydrogens is 319 g/mol. The highest BCUT2D eigenvalue weighted by molar-refractivity contribution is 5.41. The van der Waals surface area contributed by atoms with E-state index in [1.54, 1.807) is 0 Å². The number of aromatic nitrogens is 2. The van der Waals surface area contributed by atoms with Gasteiger partial charge in [0.05, 0.1) is 11.3 Å². The van der Waals surface area contributed by atoms with Crippen LogP contribution in [0, 0.1) is 0 Å². The molecule has 0 unspecified atom stereocenters. The highest BCUT2D eigenvalue weighted by atomic mass is 19.4. The molecule has 0 fully saturated rings. The summed E-state index contributed by atoms with van der Waals surface area (Å²) in [5.74, 6) is -0.0303. The molecule has 2 aromatic rings. The second kappa shape index (κ2) is 6.39. The van der Waals surface area contributed by atoms with Crippen LogP contribution in [0.25, 0.3) is 0 Å². The number of halogens is 3. The molecule has 2 heterocycles. The van der Waals surface area contributed by atoms with E-state index < -0.39 is 11.7 Å². The molecule has 0 bridgehead atoms. The van der Waals surface area contributed by atoms with Gasteiger partial charge in [-0.25, -0.2) is 9.97 Å². The van der Waals surface area contributed by atoms with E-state index in [0.29, 0.717) is 19.0 Å². The van der Waals surface area contributed by atoms with Gasteiger partial charge in [0, 0.05) is 24.7 Å².